The van der Waals surface area contributed by atoms with Crippen molar-refractivity contribution in [2.24, 2.45) is 0 Å². The summed E-state index contributed by atoms with van der Waals surface area (Å²) in [5.41, 5.74) is 0.766. The number of ether oxygens (including phenoxy) is 1. The second-order valence-corrected chi connectivity index (χ2v) is 6.37. The van der Waals surface area contributed by atoms with E-state index in [1.807, 2.05) is 13.8 Å². The predicted octanol–water partition coefficient (Wildman–Crippen LogP) is 1.38. The van der Waals surface area contributed by atoms with Gasteiger partial charge in [0.25, 0.3) is 0 Å². The van der Waals surface area contributed by atoms with Crippen molar-refractivity contribution in [3.05, 3.63) is 12.2 Å². The summed E-state index contributed by atoms with van der Waals surface area (Å²) in [7, 11) is 2.06. The van der Waals surface area contributed by atoms with E-state index in [9.17, 15) is 0 Å². The van der Waals surface area contributed by atoms with Gasteiger partial charge in [0, 0.05) is 21.3 Å². The van der Waals surface area contributed by atoms with Gasteiger partial charge in [0.2, 0.25) is 0 Å². The van der Waals surface area contributed by atoms with Crippen LogP contribution in [-0.2, 0) is 18.0 Å². The quantitative estimate of drug-likeness (QED) is 0.480. The Hall–Kier alpha value is -0.203. The maximum absolute atomic E-state index is 5.53. The first kappa shape index (κ1) is 13.8. The Morgan fingerprint density at radius 1 is 1.21 bits per heavy atom. The fraction of sp³-hybridized carbons (Fsp3) is 0.778. The summed E-state index contributed by atoms with van der Waals surface area (Å²) in [6, 6.07) is 0. The van der Waals surface area contributed by atoms with Crippen molar-refractivity contribution < 1.29 is 18.0 Å². The van der Waals surface area contributed by atoms with Crippen molar-refractivity contribution in [3.8, 4) is 0 Å². The second-order valence-electron chi connectivity index (χ2n) is 3.13. The largest absolute Gasteiger partial charge is 0.530 e. The smallest absolute Gasteiger partial charge is 0.375 e. The van der Waals surface area contributed by atoms with Crippen molar-refractivity contribution in [3.63, 3.8) is 0 Å². The Kier molecular flexibility index (Phi) is 6.22. The molecule has 0 saturated heterocycles. The van der Waals surface area contributed by atoms with Gasteiger partial charge in [0.1, 0.15) is 5.73 Å². The molecule has 0 heterocycles. The molecule has 5 heteroatoms. The van der Waals surface area contributed by atoms with Crippen LogP contribution in [0, 0.1) is 0 Å². The molecule has 0 aromatic heterocycles. The number of hydrogen-bond acceptors (Lipinski definition) is 4. The maximum Gasteiger partial charge on any atom is 0.530 e. The van der Waals surface area contributed by atoms with Crippen LogP contribution in [0.3, 0.4) is 0 Å². The summed E-state index contributed by atoms with van der Waals surface area (Å²) in [4.78, 5) is 0. The fourth-order valence-electron chi connectivity index (χ4n) is 1.12. The molecule has 14 heavy (non-hydrogen) atoms. The van der Waals surface area contributed by atoms with Crippen molar-refractivity contribution in [2.45, 2.75) is 19.6 Å². The van der Waals surface area contributed by atoms with Crippen LogP contribution in [0.4, 0.5) is 0 Å². The fourth-order valence-corrected chi connectivity index (χ4v) is 2.90. The van der Waals surface area contributed by atoms with Gasteiger partial charge < -0.3 is 18.0 Å². The van der Waals surface area contributed by atoms with Gasteiger partial charge in [-0.05, 0) is 13.8 Å². The third-order valence-electron chi connectivity index (χ3n) is 1.93. The zero-order valence-electron chi connectivity index (χ0n) is 9.62. The molecule has 0 N–H and O–H groups in total. The average Bonchev–Trinajstić information content (AvgIpc) is 2.18. The van der Waals surface area contributed by atoms with E-state index in [4.69, 9.17) is 18.0 Å². The normalized spacial score (nSPS) is 14.1. The molecule has 0 aliphatic carbocycles. The van der Waals surface area contributed by atoms with E-state index in [2.05, 4.69) is 6.58 Å². The van der Waals surface area contributed by atoms with Gasteiger partial charge in [-0.15, -0.1) is 0 Å². The van der Waals surface area contributed by atoms with Crippen LogP contribution in [0.25, 0.3) is 0 Å². The van der Waals surface area contributed by atoms with E-state index >= 15 is 0 Å². The zero-order chi connectivity index (χ0) is 11.2. The van der Waals surface area contributed by atoms with Crippen LogP contribution in [0.5, 0.6) is 0 Å². The Morgan fingerprint density at radius 2 is 1.64 bits per heavy atom. The standard InChI is InChI=1S/C9H20O4Si/c1-8(2)7-13-9(3)14(10-4,11-5)12-6/h9H,1,7H2,2-6H3. The molecule has 84 valence electrons. The first-order valence-electron chi connectivity index (χ1n) is 4.43. The molecule has 0 aromatic rings. The highest BCUT2D eigenvalue weighted by molar-refractivity contribution is 6.61. The van der Waals surface area contributed by atoms with Crippen LogP contribution < -0.4 is 0 Å². The maximum atomic E-state index is 5.53. The van der Waals surface area contributed by atoms with Crippen LogP contribution in [0.2, 0.25) is 0 Å². The van der Waals surface area contributed by atoms with Crippen LogP contribution in [0.15, 0.2) is 12.2 Å². The number of rotatable bonds is 7. The first-order valence-corrected chi connectivity index (χ1v) is 6.24. The molecule has 0 aliphatic rings. The molecular weight excluding hydrogens is 200 g/mol. The van der Waals surface area contributed by atoms with Gasteiger partial charge in [0.15, 0.2) is 0 Å². The summed E-state index contributed by atoms with van der Waals surface area (Å²) in [5.74, 6) is 0. The topological polar surface area (TPSA) is 36.9 Å². The highest BCUT2D eigenvalue weighted by Crippen LogP contribution is 2.15. The molecule has 0 bridgehead atoms. The molecule has 0 spiro atoms. The van der Waals surface area contributed by atoms with Gasteiger partial charge in [-0.2, -0.15) is 0 Å². The molecule has 1 unspecified atom stereocenters. The van der Waals surface area contributed by atoms with E-state index in [0.29, 0.717) is 6.61 Å². The van der Waals surface area contributed by atoms with Crippen molar-refractivity contribution in [2.75, 3.05) is 27.9 Å². The van der Waals surface area contributed by atoms with Crippen molar-refractivity contribution in [1.82, 2.24) is 0 Å². The minimum Gasteiger partial charge on any atom is -0.375 e. The van der Waals surface area contributed by atoms with Crippen molar-refractivity contribution in [1.29, 1.82) is 0 Å². The van der Waals surface area contributed by atoms with Gasteiger partial charge in [-0.3, -0.25) is 0 Å². The lowest BCUT2D eigenvalue weighted by atomic mass is 10.4. The second kappa shape index (κ2) is 6.31. The monoisotopic (exact) mass is 220 g/mol. The van der Waals surface area contributed by atoms with Crippen molar-refractivity contribution >= 4 is 8.80 Å². The zero-order valence-corrected chi connectivity index (χ0v) is 10.6. The first-order chi connectivity index (χ1) is 6.52. The molecule has 0 aliphatic heterocycles. The minimum atomic E-state index is -2.65. The van der Waals surface area contributed by atoms with E-state index in [1.54, 1.807) is 21.3 Å². The number of hydrogen-bond donors (Lipinski definition) is 0. The molecule has 0 amide bonds. The van der Waals surface area contributed by atoms with E-state index in [1.165, 1.54) is 0 Å². The third-order valence-corrected chi connectivity index (χ3v) is 4.80. The van der Waals surface area contributed by atoms with E-state index in [0.717, 1.165) is 5.57 Å². The Balaban J connectivity index is 4.28. The lowest BCUT2D eigenvalue weighted by Crippen LogP contribution is -2.54. The minimum absolute atomic E-state index is 0.195. The summed E-state index contributed by atoms with van der Waals surface area (Å²) in [5, 5.41) is 0. The molecule has 0 radical (unpaired) electrons. The van der Waals surface area contributed by atoms with Crippen LogP contribution in [0.1, 0.15) is 13.8 Å². The molecule has 0 fully saturated rings. The van der Waals surface area contributed by atoms with Crippen LogP contribution in [-0.4, -0.2) is 42.5 Å². The lowest BCUT2D eigenvalue weighted by Gasteiger charge is -2.29. The highest BCUT2D eigenvalue weighted by Gasteiger charge is 2.45. The van der Waals surface area contributed by atoms with Gasteiger partial charge in [0.05, 0.1) is 6.61 Å². The van der Waals surface area contributed by atoms with E-state index < -0.39 is 8.80 Å². The molecule has 0 saturated carbocycles. The summed E-state index contributed by atoms with van der Waals surface area (Å²) in [6.45, 7) is 8.03. The predicted molar refractivity (Wildman–Crippen MR) is 57.0 cm³/mol. The molecule has 0 rings (SSSR count). The summed E-state index contributed by atoms with van der Waals surface area (Å²) >= 11 is 0. The van der Waals surface area contributed by atoms with Gasteiger partial charge >= 0.3 is 8.80 Å². The van der Waals surface area contributed by atoms with Gasteiger partial charge in [-0.1, -0.05) is 12.2 Å². The lowest BCUT2D eigenvalue weighted by molar-refractivity contribution is 0.0295. The molecular formula is C9H20O4Si. The van der Waals surface area contributed by atoms with Crippen LogP contribution >= 0.6 is 0 Å². The molecule has 1 atom stereocenters. The third kappa shape index (κ3) is 3.51. The SMILES string of the molecule is C=C(C)COC(C)[Si](OC)(OC)OC. The van der Waals surface area contributed by atoms with E-state index in [-0.39, 0.29) is 5.73 Å². The Bertz CT molecular complexity index is 171. The Morgan fingerprint density at radius 3 is 1.93 bits per heavy atom. The summed E-state index contributed by atoms with van der Waals surface area (Å²) in [6.07, 6.45) is 0. The molecule has 4 nitrogen and oxygen atoms in total. The average molecular weight is 220 g/mol. The van der Waals surface area contributed by atoms with Gasteiger partial charge in [-0.25, -0.2) is 0 Å². The molecule has 0 aromatic carbocycles. The summed E-state index contributed by atoms with van der Waals surface area (Å²) < 4.78 is 21.3. The Labute approximate surface area is 87.2 Å². The highest BCUT2D eigenvalue weighted by atomic mass is 28.4.